The van der Waals surface area contributed by atoms with Crippen molar-refractivity contribution in [2.45, 2.75) is 13.0 Å². The number of piperazine rings is 1. The number of nitrogens with two attached hydrogens (primary N) is 1. The summed E-state index contributed by atoms with van der Waals surface area (Å²) in [6, 6.07) is 7.08. The van der Waals surface area contributed by atoms with Crippen LogP contribution in [-0.2, 0) is 4.79 Å². The van der Waals surface area contributed by atoms with Crippen LogP contribution in [0.3, 0.4) is 0 Å². The van der Waals surface area contributed by atoms with Gasteiger partial charge in [0.25, 0.3) is 0 Å². The Morgan fingerprint density at radius 2 is 2.00 bits per heavy atom. The molecule has 0 aromatic heterocycles. The molecule has 0 aliphatic carbocycles. The standard InChI is InChI=1S/C15H24N4O2/c1-12(19-8-6-18(7-9-19)10-11-20)15(21)17-14-5-3-2-4-13(14)16/h2-5,12,20H,6-11,16H2,1H3,(H,17,21). The Hall–Kier alpha value is -1.63. The zero-order valence-electron chi connectivity index (χ0n) is 12.5. The molecule has 4 N–H and O–H groups in total. The van der Waals surface area contributed by atoms with Crippen molar-refractivity contribution in [3.8, 4) is 0 Å². The molecule has 0 saturated carbocycles. The molecular weight excluding hydrogens is 268 g/mol. The van der Waals surface area contributed by atoms with Crippen molar-refractivity contribution in [2.75, 3.05) is 50.4 Å². The smallest absolute Gasteiger partial charge is 0.241 e. The molecule has 6 nitrogen and oxygen atoms in total. The summed E-state index contributed by atoms with van der Waals surface area (Å²) >= 11 is 0. The lowest BCUT2D eigenvalue weighted by atomic mass is 10.2. The first-order valence-electron chi connectivity index (χ1n) is 7.34. The number of hydrogen-bond acceptors (Lipinski definition) is 5. The Morgan fingerprint density at radius 1 is 1.33 bits per heavy atom. The number of carbonyl (C=O) groups excluding carboxylic acids is 1. The van der Waals surface area contributed by atoms with E-state index in [0.29, 0.717) is 17.9 Å². The summed E-state index contributed by atoms with van der Waals surface area (Å²) in [5, 5.41) is 11.8. The van der Waals surface area contributed by atoms with E-state index in [-0.39, 0.29) is 18.6 Å². The average molecular weight is 292 g/mol. The van der Waals surface area contributed by atoms with E-state index in [1.165, 1.54) is 0 Å². The van der Waals surface area contributed by atoms with Gasteiger partial charge in [0.2, 0.25) is 5.91 Å². The van der Waals surface area contributed by atoms with Crippen LogP contribution < -0.4 is 11.1 Å². The lowest BCUT2D eigenvalue weighted by molar-refractivity contribution is -0.121. The molecule has 21 heavy (non-hydrogen) atoms. The van der Waals surface area contributed by atoms with Gasteiger partial charge in [-0.05, 0) is 19.1 Å². The Labute approximate surface area is 125 Å². The first kappa shape index (κ1) is 15.8. The number of nitrogens with zero attached hydrogens (tertiary/aromatic N) is 2. The molecule has 1 heterocycles. The number of hydrogen-bond donors (Lipinski definition) is 3. The van der Waals surface area contributed by atoms with E-state index >= 15 is 0 Å². The van der Waals surface area contributed by atoms with Crippen LogP contribution in [0.25, 0.3) is 0 Å². The van der Waals surface area contributed by atoms with E-state index < -0.39 is 0 Å². The number of nitrogen functional groups attached to an aromatic ring is 1. The van der Waals surface area contributed by atoms with Crippen LogP contribution in [0, 0.1) is 0 Å². The minimum absolute atomic E-state index is 0.0384. The van der Waals surface area contributed by atoms with Crippen LogP contribution in [0.4, 0.5) is 11.4 Å². The van der Waals surface area contributed by atoms with Crippen LogP contribution >= 0.6 is 0 Å². The fourth-order valence-corrected chi connectivity index (χ4v) is 2.53. The van der Waals surface area contributed by atoms with Gasteiger partial charge < -0.3 is 16.2 Å². The highest BCUT2D eigenvalue weighted by molar-refractivity contribution is 5.97. The summed E-state index contributed by atoms with van der Waals surface area (Å²) < 4.78 is 0. The molecule has 2 rings (SSSR count). The summed E-state index contributed by atoms with van der Waals surface area (Å²) in [6.45, 7) is 6.23. The quantitative estimate of drug-likeness (QED) is 0.676. The molecule has 1 aromatic rings. The van der Waals surface area contributed by atoms with Crippen molar-refractivity contribution in [3.63, 3.8) is 0 Å². The topological polar surface area (TPSA) is 81.8 Å². The molecule has 6 heteroatoms. The van der Waals surface area contributed by atoms with Crippen molar-refractivity contribution >= 4 is 17.3 Å². The molecule has 116 valence electrons. The van der Waals surface area contributed by atoms with Crippen LogP contribution in [0.5, 0.6) is 0 Å². The summed E-state index contributed by atoms with van der Waals surface area (Å²) in [5.74, 6) is -0.0384. The molecule has 1 fully saturated rings. The van der Waals surface area contributed by atoms with E-state index in [2.05, 4.69) is 15.1 Å². The Bertz CT molecular complexity index is 472. The summed E-state index contributed by atoms with van der Waals surface area (Å²) in [7, 11) is 0. The predicted molar refractivity (Wildman–Crippen MR) is 84.0 cm³/mol. The zero-order valence-corrected chi connectivity index (χ0v) is 12.5. The van der Waals surface area contributed by atoms with Gasteiger partial charge >= 0.3 is 0 Å². The molecule has 1 amide bonds. The van der Waals surface area contributed by atoms with E-state index in [1.807, 2.05) is 19.1 Å². The minimum Gasteiger partial charge on any atom is -0.397 e. The Kier molecular flexibility index (Phi) is 5.55. The number of rotatable bonds is 5. The van der Waals surface area contributed by atoms with Gasteiger partial charge in [0.15, 0.2) is 0 Å². The third-order valence-electron chi connectivity index (χ3n) is 3.97. The first-order valence-corrected chi connectivity index (χ1v) is 7.34. The number of amides is 1. The van der Waals surface area contributed by atoms with Crippen molar-refractivity contribution in [1.29, 1.82) is 0 Å². The number of carbonyl (C=O) groups is 1. The third kappa shape index (κ3) is 4.17. The molecule has 0 bridgehead atoms. The van der Waals surface area contributed by atoms with Gasteiger partial charge in [-0.1, -0.05) is 12.1 Å². The van der Waals surface area contributed by atoms with Crippen LogP contribution in [0.15, 0.2) is 24.3 Å². The van der Waals surface area contributed by atoms with Crippen LogP contribution in [0.2, 0.25) is 0 Å². The monoisotopic (exact) mass is 292 g/mol. The second-order valence-corrected chi connectivity index (χ2v) is 5.35. The zero-order chi connectivity index (χ0) is 15.2. The number of aliphatic hydroxyl groups is 1. The lowest BCUT2D eigenvalue weighted by Gasteiger charge is -2.37. The van der Waals surface area contributed by atoms with Crippen LogP contribution in [0.1, 0.15) is 6.92 Å². The molecular formula is C15H24N4O2. The van der Waals surface area contributed by atoms with Gasteiger partial charge in [0, 0.05) is 32.7 Å². The van der Waals surface area contributed by atoms with E-state index in [1.54, 1.807) is 12.1 Å². The highest BCUT2D eigenvalue weighted by atomic mass is 16.3. The van der Waals surface area contributed by atoms with Crippen molar-refractivity contribution < 1.29 is 9.90 Å². The second-order valence-electron chi connectivity index (χ2n) is 5.35. The summed E-state index contributed by atoms with van der Waals surface area (Å²) in [5.41, 5.74) is 7.08. The molecule has 1 aliphatic heterocycles. The maximum absolute atomic E-state index is 12.3. The van der Waals surface area contributed by atoms with Gasteiger partial charge in [-0.3, -0.25) is 14.6 Å². The number of nitrogens with one attached hydrogen (secondary N) is 1. The Morgan fingerprint density at radius 3 is 2.62 bits per heavy atom. The molecule has 0 spiro atoms. The lowest BCUT2D eigenvalue weighted by Crippen LogP contribution is -2.53. The number of benzene rings is 1. The molecule has 0 radical (unpaired) electrons. The number of para-hydroxylation sites is 2. The SMILES string of the molecule is CC(C(=O)Nc1ccccc1N)N1CCN(CCO)CC1. The summed E-state index contributed by atoms with van der Waals surface area (Å²) in [6.07, 6.45) is 0. The fourth-order valence-electron chi connectivity index (χ4n) is 2.53. The normalized spacial score (nSPS) is 18.4. The number of anilines is 2. The molecule has 1 saturated heterocycles. The number of β-amino-alcohol motifs (C(OH)–C–C–N with tert-alkyl or cyclic N) is 1. The molecule has 1 aromatic carbocycles. The van der Waals surface area contributed by atoms with Crippen LogP contribution in [-0.4, -0.2) is 66.2 Å². The van der Waals surface area contributed by atoms with Crippen molar-refractivity contribution in [1.82, 2.24) is 9.80 Å². The van der Waals surface area contributed by atoms with Crippen molar-refractivity contribution in [3.05, 3.63) is 24.3 Å². The van der Waals surface area contributed by atoms with E-state index in [4.69, 9.17) is 10.8 Å². The number of aliphatic hydroxyl groups excluding tert-OH is 1. The van der Waals surface area contributed by atoms with Gasteiger partial charge in [-0.2, -0.15) is 0 Å². The van der Waals surface area contributed by atoms with Gasteiger partial charge in [0.05, 0.1) is 24.0 Å². The van der Waals surface area contributed by atoms with Gasteiger partial charge in [0.1, 0.15) is 0 Å². The molecule has 1 atom stereocenters. The fraction of sp³-hybridized carbons (Fsp3) is 0.533. The van der Waals surface area contributed by atoms with Gasteiger partial charge in [-0.15, -0.1) is 0 Å². The highest BCUT2D eigenvalue weighted by Crippen LogP contribution is 2.17. The van der Waals surface area contributed by atoms with E-state index in [0.717, 1.165) is 26.2 Å². The highest BCUT2D eigenvalue weighted by Gasteiger charge is 2.25. The minimum atomic E-state index is -0.194. The summed E-state index contributed by atoms with van der Waals surface area (Å²) in [4.78, 5) is 16.7. The molecule has 1 aliphatic rings. The molecule has 1 unspecified atom stereocenters. The predicted octanol–water partition coefficient (Wildman–Crippen LogP) is 0.206. The van der Waals surface area contributed by atoms with Crippen molar-refractivity contribution in [2.24, 2.45) is 0 Å². The largest absolute Gasteiger partial charge is 0.397 e. The van der Waals surface area contributed by atoms with E-state index in [9.17, 15) is 4.79 Å². The maximum atomic E-state index is 12.3. The average Bonchev–Trinajstić information content (AvgIpc) is 2.50. The van der Waals surface area contributed by atoms with Gasteiger partial charge in [-0.25, -0.2) is 0 Å². The third-order valence-corrected chi connectivity index (χ3v) is 3.97. The maximum Gasteiger partial charge on any atom is 0.241 e. The Balaban J connectivity index is 1.87. The first-order chi connectivity index (χ1) is 10.1. The second kappa shape index (κ2) is 7.40.